The average Bonchev–Trinajstić information content (AvgIpc) is 2.66. The predicted octanol–water partition coefficient (Wildman–Crippen LogP) is 4.30. The van der Waals surface area contributed by atoms with E-state index >= 15 is 0 Å². The van der Waals surface area contributed by atoms with Gasteiger partial charge in [-0.25, -0.2) is 4.98 Å². The second-order valence-electron chi connectivity index (χ2n) is 6.43. The third-order valence-corrected chi connectivity index (χ3v) is 4.31. The number of aryl methyl sites for hydroxylation is 1. The molecule has 0 radical (unpaired) electrons. The van der Waals surface area contributed by atoms with Crippen molar-refractivity contribution in [3.8, 4) is 11.3 Å². The molecule has 3 N–H and O–H groups in total. The quantitative estimate of drug-likeness (QED) is 0.620. The van der Waals surface area contributed by atoms with Crippen LogP contribution in [0.2, 0.25) is 0 Å². The number of benzene rings is 2. The summed E-state index contributed by atoms with van der Waals surface area (Å²) in [6.45, 7) is 6.07. The Hall–Kier alpha value is -2.92. The molecule has 0 fully saturated rings. The highest BCUT2D eigenvalue weighted by molar-refractivity contribution is 5.69. The van der Waals surface area contributed by atoms with Gasteiger partial charge in [-0.2, -0.15) is 4.98 Å². The number of hydrogen-bond donors (Lipinski definition) is 3. The minimum atomic E-state index is -0.130. The van der Waals surface area contributed by atoms with Gasteiger partial charge in [0.25, 0.3) is 0 Å². The normalized spacial score (nSPS) is 11.8. The molecular formula is C21H24N4O. The molecule has 5 heteroatoms. The lowest BCUT2D eigenvalue weighted by atomic mass is 10.1. The van der Waals surface area contributed by atoms with Crippen LogP contribution in [0.1, 0.15) is 18.1 Å². The van der Waals surface area contributed by atoms with Crippen molar-refractivity contribution in [2.75, 3.05) is 17.2 Å². The number of aromatic nitrogens is 2. The van der Waals surface area contributed by atoms with Crippen LogP contribution in [0.3, 0.4) is 0 Å². The third kappa shape index (κ3) is 4.18. The summed E-state index contributed by atoms with van der Waals surface area (Å²) in [4.78, 5) is 9.17. The van der Waals surface area contributed by atoms with Gasteiger partial charge in [0.1, 0.15) is 5.82 Å². The molecular weight excluding hydrogens is 324 g/mol. The number of rotatable bonds is 6. The zero-order valence-electron chi connectivity index (χ0n) is 15.3. The maximum atomic E-state index is 9.32. The summed E-state index contributed by atoms with van der Waals surface area (Å²) in [7, 11) is 0. The van der Waals surface area contributed by atoms with E-state index in [2.05, 4.69) is 40.5 Å². The molecule has 0 saturated carbocycles. The molecule has 1 atom stereocenters. The van der Waals surface area contributed by atoms with Gasteiger partial charge in [-0.15, -0.1) is 0 Å². The van der Waals surface area contributed by atoms with Crippen LogP contribution in [0.25, 0.3) is 11.3 Å². The van der Waals surface area contributed by atoms with E-state index in [1.165, 1.54) is 11.1 Å². The maximum absolute atomic E-state index is 9.32. The average molecular weight is 348 g/mol. The first-order valence-electron chi connectivity index (χ1n) is 8.72. The van der Waals surface area contributed by atoms with Gasteiger partial charge in [0.15, 0.2) is 0 Å². The molecule has 134 valence electrons. The van der Waals surface area contributed by atoms with Crippen LogP contribution in [0.4, 0.5) is 17.5 Å². The van der Waals surface area contributed by atoms with Crippen molar-refractivity contribution in [2.24, 2.45) is 0 Å². The maximum Gasteiger partial charge on any atom is 0.225 e. The van der Waals surface area contributed by atoms with E-state index < -0.39 is 0 Å². The van der Waals surface area contributed by atoms with Crippen LogP contribution in [0, 0.1) is 13.8 Å². The molecule has 0 bridgehead atoms. The van der Waals surface area contributed by atoms with Crippen LogP contribution in [0.15, 0.2) is 54.6 Å². The van der Waals surface area contributed by atoms with Crippen molar-refractivity contribution in [1.29, 1.82) is 0 Å². The molecule has 3 rings (SSSR count). The van der Waals surface area contributed by atoms with Gasteiger partial charge in [0, 0.05) is 23.4 Å². The SMILES string of the molecule is Cc1cccc(Nc2cc(-c3ccccc3)nc(N[C@H](C)CO)n2)c1C. The van der Waals surface area contributed by atoms with E-state index in [0.717, 1.165) is 16.9 Å². The number of hydrogen-bond acceptors (Lipinski definition) is 5. The molecule has 1 heterocycles. The molecule has 0 unspecified atom stereocenters. The number of anilines is 3. The van der Waals surface area contributed by atoms with Crippen molar-refractivity contribution < 1.29 is 5.11 Å². The fourth-order valence-corrected chi connectivity index (χ4v) is 2.62. The fraction of sp³-hybridized carbons (Fsp3) is 0.238. The Labute approximate surface area is 154 Å². The second kappa shape index (κ2) is 7.97. The summed E-state index contributed by atoms with van der Waals surface area (Å²) in [6, 6.07) is 17.9. The van der Waals surface area contributed by atoms with Crippen LogP contribution in [0.5, 0.6) is 0 Å². The monoisotopic (exact) mass is 348 g/mol. The molecule has 3 aromatic rings. The largest absolute Gasteiger partial charge is 0.394 e. The summed E-state index contributed by atoms with van der Waals surface area (Å²) in [5, 5.41) is 15.9. The Kier molecular flexibility index (Phi) is 5.49. The second-order valence-corrected chi connectivity index (χ2v) is 6.43. The zero-order valence-corrected chi connectivity index (χ0v) is 15.3. The Morgan fingerprint density at radius 3 is 2.50 bits per heavy atom. The highest BCUT2D eigenvalue weighted by atomic mass is 16.3. The molecule has 0 saturated heterocycles. The minimum Gasteiger partial charge on any atom is -0.394 e. The summed E-state index contributed by atoms with van der Waals surface area (Å²) in [5.41, 5.74) is 5.26. The van der Waals surface area contributed by atoms with Gasteiger partial charge in [-0.1, -0.05) is 42.5 Å². The smallest absolute Gasteiger partial charge is 0.225 e. The lowest BCUT2D eigenvalue weighted by Crippen LogP contribution is -2.21. The van der Waals surface area contributed by atoms with E-state index in [9.17, 15) is 5.11 Å². The Morgan fingerprint density at radius 1 is 1.00 bits per heavy atom. The highest BCUT2D eigenvalue weighted by Crippen LogP contribution is 2.26. The topological polar surface area (TPSA) is 70.1 Å². The van der Waals surface area contributed by atoms with Crippen LogP contribution < -0.4 is 10.6 Å². The predicted molar refractivity (Wildman–Crippen MR) is 107 cm³/mol. The standard InChI is InChI=1S/C21H24N4O/c1-14-8-7-11-18(16(14)3)23-20-12-19(17-9-5-4-6-10-17)24-21(25-20)22-15(2)13-26/h4-12,15,26H,13H2,1-3H3,(H2,22,23,24,25)/t15-/m1/s1. The minimum absolute atomic E-state index is 0.0126. The van der Waals surface area contributed by atoms with Gasteiger partial charge >= 0.3 is 0 Å². The van der Waals surface area contributed by atoms with E-state index in [1.54, 1.807) is 0 Å². The number of aliphatic hydroxyl groups is 1. The van der Waals surface area contributed by atoms with E-state index in [-0.39, 0.29) is 12.6 Å². The molecule has 0 amide bonds. The fourth-order valence-electron chi connectivity index (χ4n) is 2.62. The molecule has 1 aromatic heterocycles. The van der Waals surface area contributed by atoms with Crippen molar-refractivity contribution in [1.82, 2.24) is 9.97 Å². The van der Waals surface area contributed by atoms with Crippen LogP contribution in [-0.2, 0) is 0 Å². The molecule has 0 aliphatic carbocycles. The third-order valence-electron chi connectivity index (χ3n) is 4.31. The van der Waals surface area contributed by atoms with Gasteiger partial charge in [0.2, 0.25) is 5.95 Å². The first kappa shape index (κ1) is 17.9. The Morgan fingerprint density at radius 2 is 1.77 bits per heavy atom. The van der Waals surface area contributed by atoms with E-state index in [4.69, 9.17) is 0 Å². The van der Waals surface area contributed by atoms with E-state index in [1.807, 2.05) is 55.5 Å². The number of aliphatic hydroxyl groups excluding tert-OH is 1. The molecule has 26 heavy (non-hydrogen) atoms. The Balaban J connectivity index is 2.00. The number of nitrogens with one attached hydrogen (secondary N) is 2. The summed E-state index contributed by atoms with van der Waals surface area (Å²) >= 11 is 0. The molecule has 0 spiro atoms. The van der Waals surface area contributed by atoms with Gasteiger partial charge < -0.3 is 15.7 Å². The zero-order chi connectivity index (χ0) is 18.5. The van der Waals surface area contributed by atoms with Crippen molar-refractivity contribution >= 4 is 17.5 Å². The van der Waals surface area contributed by atoms with Gasteiger partial charge in [-0.3, -0.25) is 0 Å². The summed E-state index contributed by atoms with van der Waals surface area (Å²) in [5.74, 6) is 1.20. The number of nitrogens with zero attached hydrogens (tertiary/aromatic N) is 2. The van der Waals surface area contributed by atoms with Crippen LogP contribution >= 0.6 is 0 Å². The molecule has 2 aromatic carbocycles. The Bertz CT molecular complexity index is 880. The van der Waals surface area contributed by atoms with Crippen LogP contribution in [-0.4, -0.2) is 27.7 Å². The molecule has 5 nitrogen and oxygen atoms in total. The first-order valence-corrected chi connectivity index (χ1v) is 8.72. The van der Waals surface area contributed by atoms with Gasteiger partial charge in [-0.05, 0) is 38.0 Å². The molecule has 0 aliphatic rings. The first-order chi connectivity index (χ1) is 12.6. The van der Waals surface area contributed by atoms with E-state index in [0.29, 0.717) is 11.8 Å². The van der Waals surface area contributed by atoms with Gasteiger partial charge in [0.05, 0.1) is 12.3 Å². The van der Waals surface area contributed by atoms with Crippen molar-refractivity contribution in [2.45, 2.75) is 26.8 Å². The van der Waals surface area contributed by atoms with Crippen molar-refractivity contribution in [3.63, 3.8) is 0 Å². The summed E-state index contributed by atoms with van der Waals surface area (Å²) < 4.78 is 0. The lowest BCUT2D eigenvalue weighted by Gasteiger charge is -2.15. The molecule has 0 aliphatic heterocycles. The summed E-state index contributed by atoms with van der Waals surface area (Å²) in [6.07, 6.45) is 0. The lowest BCUT2D eigenvalue weighted by molar-refractivity contribution is 0.281. The van der Waals surface area contributed by atoms with Crippen molar-refractivity contribution in [3.05, 3.63) is 65.7 Å². The highest BCUT2D eigenvalue weighted by Gasteiger charge is 2.10.